The highest BCUT2D eigenvalue weighted by atomic mass is 16.5. The third-order valence-corrected chi connectivity index (χ3v) is 2.76. The number of hydrogen-bond donors (Lipinski definition) is 1. The third-order valence-electron chi connectivity index (χ3n) is 2.76. The molecular formula is C9H12N2O3. The lowest BCUT2D eigenvalue weighted by Gasteiger charge is -2.17. The van der Waals surface area contributed by atoms with Crippen molar-refractivity contribution in [1.29, 1.82) is 0 Å². The van der Waals surface area contributed by atoms with Gasteiger partial charge in [0, 0.05) is 0 Å². The van der Waals surface area contributed by atoms with E-state index in [0.717, 1.165) is 12.8 Å². The van der Waals surface area contributed by atoms with Gasteiger partial charge in [0.1, 0.15) is 11.8 Å². The van der Waals surface area contributed by atoms with Gasteiger partial charge in [-0.05, 0) is 12.8 Å². The van der Waals surface area contributed by atoms with Gasteiger partial charge in [-0.1, -0.05) is 0 Å². The maximum atomic E-state index is 11.3. The van der Waals surface area contributed by atoms with Gasteiger partial charge in [0.05, 0.1) is 18.7 Å². The average molecular weight is 196 g/mol. The van der Waals surface area contributed by atoms with Gasteiger partial charge in [-0.15, -0.1) is 0 Å². The molecule has 1 fully saturated rings. The molecule has 5 heteroatoms. The largest absolute Gasteiger partial charge is 0.468 e. The Balaban J connectivity index is 2.21. The van der Waals surface area contributed by atoms with Crippen molar-refractivity contribution in [3.05, 3.63) is 18.4 Å². The molecule has 1 aromatic rings. The van der Waals surface area contributed by atoms with Gasteiger partial charge in [-0.3, -0.25) is 4.79 Å². The Hall–Kier alpha value is -1.36. The van der Waals surface area contributed by atoms with Crippen molar-refractivity contribution in [2.75, 3.05) is 7.11 Å². The van der Waals surface area contributed by atoms with Crippen LogP contribution in [0.5, 0.6) is 0 Å². The molecule has 2 rings (SSSR count). The molecule has 1 aliphatic rings. The second kappa shape index (κ2) is 3.09. The van der Waals surface area contributed by atoms with Crippen molar-refractivity contribution in [2.45, 2.75) is 24.3 Å². The number of rotatable bonds is 3. The van der Waals surface area contributed by atoms with Gasteiger partial charge in [-0.25, -0.2) is 4.98 Å². The number of ether oxygens (including phenoxy) is 1. The van der Waals surface area contributed by atoms with Gasteiger partial charge < -0.3 is 14.9 Å². The van der Waals surface area contributed by atoms with Crippen LogP contribution in [0.15, 0.2) is 17.0 Å². The minimum Gasteiger partial charge on any atom is -0.468 e. The molecule has 1 aliphatic carbocycles. The molecule has 5 nitrogen and oxygen atoms in total. The summed E-state index contributed by atoms with van der Waals surface area (Å²) in [4.78, 5) is 15.1. The van der Waals surface area contributed by atoms with Crippen LogP contribution in [0.2, 0.25) is 0 Å². The monoisotopic (exact) mass is 196 g/mol. The van der Waals surface area contributed by atoms with Crippen LogP contribution < -0.4 is 5.73 Å². The Morgan fingerprint density at radius 3 is 2.93 bits per heavy atom. The lowest BCUT2D eigenvalue weighted by atomic mass is 9.95. The Kier molecular flexibility index (Phi) is 2.03. The number of aromatic nitrogens is 1. The van der Waals surface area contributed by atoms with E-state index in [2.05, 4.69) is 9.72 Å². The summed E-state index contributed by atoms with van der Waals surface area (Å²) in [5.74, 6) is 0.273. The smallest absolute Gasteiger partial charge is 0.323 e. The van der Waals surface area contributed by atoms with Crippen molar-refractivity contribution < 1.29 is 13.9 Å². The standard InChI is InChI=1S/C9H12N2O3/c1-13-8(12)7(10)9(2-3-9)6-4-11-5-14-6/h4-5,7H,2-3,10H2,1H3. The molecule has 0 saturated heterocycles. The molecule has 1 saturated carbocycles. The molecule has 0 spiro atoms. The summed E-state index contributed by atoms with van der Waals surface area (Å²) in [6.45, 7) is 0. The van der Waals surface area contributed by atoms with E-state index < -0.39 is 12.0 Å². The SMILES string of the molecule is COC(=O)C(N)C1(c2cnco2)CC1. The first kappa shape index (κ1) is 9.21. The Bertz CT molecular complexity index is 330. The lowest BCUT2D eigenvalue weighted by molar-refractivity contribution is -0.143. The molecule has 1 heterocycles. The van der Waals surface area contributed by atoms with Crippen LogP contribution >= 0.6 is 0 Å². The van der Waals surface area contributed by atoms with E-state index in [9.17, 15) is 4.79 Å². The lowest BCUT2D eigenvalue weighted by Crippen LogP contribution is -2.42. The number of carbonyl (C=O) groups excluding carboxylic acids is 1. The minimum atomic E-state index is -0.652. The van der Waals surface area contributed by atoms with Gasteiger partial charge in [0.15, 0.2) is 6.39 Å². The predicted octanol–water partition coefficient (Wildman–Crippen LogP) is 0.206. The number of esters is 1. The average Bonchev–Trinajstić information content (AvgIpc) is 2.84. The van der Waals surface area contributed by atoms with Crippen molar-refractivity contribution in [1.82, 2.24) is 4.98 Å². The summed E-state index contributed by atoms with van der Waals surface area (Å²) < 4.78 is 9.79. The number of carbonyl (C=O) groups is 1. The van der Waals surface area contributed by atoms with Crippen LogP contribution in [-0.2, 0) is 14.9 Å². The highest BCUT2D eigenvalue weighted by molar-refractivity contribution is 5.78. The van der Waals surface area contributed by atoms with Crippen LogP contribution in [-0.4, -0.2) is 24.1 Å². The summed E-state index contributed by atoms with van der Waals surface area (Å²) in [7, 11) is 1.33. The summed E-state index contributed by atoms with van der Waals surface area (Å²) in [6, 6.07) is -0.652. The highest BCUT2D eigenvalue weighted by Gasteiger charge is 2.55. The molecule has 2 N–H and O–H groups in total. The van der Waals surface area contributed by atoms with Crippen molar-refractivity contribution in [2.24, 2.45) is 5.73 Å². The van der Waals surface area contributed by atoms with Crippen LogP contribution in [0.1, 0.15) is 18.6 Å². The molecule has 1 unspecified atom stereocenters. The maximum absolute atomic E-state index is 11.3. The molecule has 0 radical (unpaired) electrons. The Labute approximate surface area is 81.2 Å². The van der Waals surface area contributed by atoms with Crippen LogP contribution in [0.25, 0.3) is 0 Å². The second-order valence-electron chi connectivity index (χ2n) is 3.52. The maximum Gasteiger partial charge on any atom is 0.323 e. The van der Waals surface area contributed by atoms with Crippen molar-refractivity contribution >= 4 is 5.97 Å². The van der Waals surface area contributed by atoms with E-state index in [1.807, 2.05) is 0 Å². The van der Waals surface area contributed by atoms with Gasteiger partial charge in [-0.2, -0.15) is 0 Å². The first-order valence-corrected chi connectivity index (χ1v) is 4.43. The van der Waals surface area contributed by atoms with Crippen molar-refractivity contribution in [3.63, 3.8) is 0 Å². The van der Waals surface area contributed by atoms with Crippen LogP contribution in [0.4, 0.5) is 0 Å². The summed E-state index contributed by atoms with van der Waals surface area (Å²) in [5, 5.41) is 0. The molecule has 14 heavy (non-hydrogen) atoms. The molecule has 0 aliphatic heterocycles. The molecular weight excluding hydrogens is 184 g/mol. The number of nitrogens with two attached hydrogens (primary N) is 1. The fraction of sp³-hybridized carbons (Fsp3) is 0.556. The third kappa shape index (κ3) is 1.21. The topological polar surface area (TPSA) is 78.4 Å². The minimum absolute atomic E-state index is 0.371. The quantitative estimate of drug-likeness (QED) is 0.699. The number of oxazole rings is 1. The summed E-state index contributed by atoms with van der Waals surface area (Å²) >= 11 is 0. The summed E-state index contributed by atoms with van der Waals surface area (Å²) in [5.41, 5.74) is 5.43. The van der Waals surface area contributed by atoms with Crippen LogP contribution in [0.3, 0.4) is 0 Å². The Morgan fingerprint density at radius 2 is 2.50 bits per heavy atom. The number of methoxy groups -OCH3 is 1. The van der Waals surface area contributed by atoms with Crippen molar-refractivity contribution in [3.8, 4) is 0 Å². The van der Waals surface area contributed by atoms with Gasteiger partial charge >= 0.3 is 5.97 Å². The van der Waals surface area contributed by atoms with E-state index in [4.69, 9.17) is 10.2 Å². The zero-order chi connectivity index (χ0) is 10.2. The molecule has 1 aromatic heterocycles. The fourth-order valence-corrected chi connectivity index (χ4v) is 1.66. The number of hydrogen-bond acceptors (Lipinski definition) is 5. The highest BCUT2D eigenvalue weighted by Crippen LogP contribution is 2.50. The first-order valence-electron chi connectivity index (χ1n) is 4.43. The van der Waals surface area contributed by atoms with E-state index in [0.29, 0.717) is 5.76 Å². The molecule has 76 valence electrons. The van der Waals surface area contributed by atoms with Crippen LogP contribution in [0, 0.1) is 0 Å². The first-order chi connectivity index (χ1) is 6.70. The predicted molar refractivity (Wildman–Crippen MR) is 47.4 cm³/mol. The zero-order valence-electron chi connectivity index (χ0n) is 7.90. The molecule has 0 bridgehead atoms. The zero-order valence-corrected chi connectivity index (χ0v) is 7.90. The van der Waals surface area contributed by atoms with E-state index >= 15 is 0 Å². The van der Waals surface area contributed by atoms with E-state index in [1.54, 1.807) is 6.20 Å². The Morgan fingerprint density at radius 1 is 1.79 bits per heavy atom. The van der Waals surface area contributed by atoms with Gasteiger partial charge in [0.25, 0.3) is 0 Å². The van der Waals surface area contributed by atoms with E-state index in [-0.39, 0.29) is 5.41 Å². The van der Waals surface area contributed by atoms with E-state index in [1.165, 1.54) is 13.5 Å². The molecule has 1 atom stereocenters. The summed E-state index contributed by atoms with van der Waals surface area (Å²) in [6.07, 6.45) is 4.64. The molecule has 0 amide bonds. The van der Waals surface area contributed by atoms with Gasteiger partial charge in [0.2, 0.25) is 0 Å². The fourth-order valence-electron chi connectivity index (χ4n) is 1.66. The molecule has 0 aromatic carbocycles. The second-order valence-corrected chi connectivity index (χ2v) is 3.52. The number of nitrogens with zero attached hydrogens (tertiary/aromatic N) is 1. The normalized spacial score (nSPS) is 20.1.